The largest absolute Gasteiger partial charge is 0.496 e. The predicted molar refractivity (Wildman–Crippen MR) is 173 cm³/mol. The van der Waals surface area contributed by atoms with Gasteiger partial charge in [0, 0.05) is 5.56 Å². The first-order chi connectivity index (χ1) is 21.5. The first-order valence-electron chi connectivity index (χ1n) is 14.1. The Morgan fingerprint density at radius 1 is 0.932 bits per heavy atom. The number of benzene rings is 4. The molecule has 4 aromatic carbocycles. The highest BCUT2D eigenvalue weighted by molar-refractivity contribution is 5.89. The molecule has 6 aromatic rings. The molecule has 0 atom stereocenters. The molecule has 2 heterocycles. The van der Waals surface area contributed by atoms with Gasteiger partial charge in [-0.15, -0.1) is 6.58 Å². The zero-order chi connectivity index (χ0) is 30.6. The van der Waals surface area contributed by atoms with Crippen molar-refractivity contribution in [3.63, 3.8) is 0 Å². The van der Waals surface area contributed by atoms with E-state index in [0.717, 1.165) is 22.1 Å². The van der Waals surface area contributed by atoms with Crippen LogP contribution in [0.2, 0.25) is 0 Å². The first kappa shape index (κ1) is 28.5. The second-order valence-electron chi connectivity index (χ2n) is 10.3. The summed E-state index contributed by atoms with van der Waals surface area (Å²) in [6, 6.07) is 26.4. The number of hydrogen-bond donors (Lipinski definition) is 0. The number of allylic oxidation sites excluding steroid dienone is 1. The molecule has 0 aliphatic heterocycles. The summed E-state index contributed by atoms with van der Waals surface area (Å²) >= 11 is 0. The van der Waals surface area contributed by atoms with E-state index in [2.05, 4.69) is 17.7 Å². The summed E-state index contributed by atoms with van der Waals surface area (Å²) in [5.74, 6) is 2.48. The normalized spacial score (nSPS) is 11.3. The van der Waals surface area contributed by atoms with Crippen molar-refractivity contribution in [1.29, 1.82) is 0 Å². The summed E-state index contributed by atoms with van der Waals surface area (Å²) in [6.07, 6.45) is 3.95. The van der Waals surface area contributed by atoms with Crippen LogP contribution in [-0.2, 0) is 13.0 Å². The Labute approximate surface area is 254 Å². The van der Waals surface area contributed by atoms with Gasteiger partial charge < -0.3 is 18.6 Å². The van der Waals surface area contributed by atoms with Crippen LogP contribution < -0.4 is 19.8 Å². The van der Waals surface area contributed by atoms with E-state index in [0.29, 0.717) is 58.1 Å². The van der Waals surface area contributed by atoms with Gasteiger partial charge in [-0.3, -0.25) is 4.79 Å². The van der Waals surface area contributed by atoms with Crippen molar-refractivity contribution in [1.82, 2.24) is 9.66 Å². The molecular formula is C36H31N3O5. The lowest BCUT2D eigenvalue weighted by atomic mass is 10.1. The van der Waals surface area contributed by atoms with E-state index in [4.69, 9.17) is 23.6 Å². The van der Waals surface area contributed by atoms with Gasteiger partial charge in [-0.1, -0.05) is 54.1 Å². The van der Waals surface area contributed by atoms with Crippen LogP contribution in [0.5, 0.6) is 17.2 Å². The minimum Gasteiger partial charge on any atom is -0.496 e. The number of aromatic nitrogens is 2. The lowest BCUT2D eigenvalue weighted by Crippen LogP contribution is -2.20. The van der Waals surface area contributed by atoms with Crippen molar-refractivity contribution in [3.8, 4) is 28.8 Å². The SMILES string of the molecule is C=CCc1cc(C=Nn2c(-c3cc4c(OC)cccc4o3)nc3ccccc3c2=O)cc(OC)c1OCc1cccc(C)c1. The molecule has 0 N–H and O–H groups in total. The Hall–Kier alpha value is -5.63. The van der Waals surface area contributed by atoms with E-state index in [9.17, 15) is 4.79 Å². The van der Waals surface area contributed by atoms with Crippen molar-refractivity contribution in [2.75, 3.05) is 14.2 Å². The summed E-state index contributed by atoms with van der Waals surface area (Å²) in [5.41, 5.74) is 4.62. The monoisotopic (exact) mass is 585 g/mol. The van der Waals surface area contributed by atoms with Crippen LogP contribution in [-0.4, -0.2) is 30.1 Å². The maximum absolute atomic E-state index is 13.8. The van der Waals surface area contributed by atoms with E-state index in [1.807, 2.05) is 67.6 Å². The van der Waals surface area contributed by atoms with Gasteiger partial charge in [0.15, 0.2) is 17.3 Å². The summed E-state index contributed by atoms with van der Waals surface area (Å²) < 4.78 is 24.9. The standard InChI is InChI=1S/C36H31N3O5/c1-5-10-26-18-25(19-32(42-4)34(26)43-22-24-12-8-11-23(2)17-24)21-37-39-35(38-29-14-7-6-13-27(29)36(39)40)33-20-28-30(41-3)15-9-16-31(28)44-33/h5-9,11-21H,1,10,22H2,2-4H3. The fourth-order valence-corrected chi connectivity index (χ4v) is 5.18. The molecule has 220 valence electrons. The van der Waals surface area contributed by atoms with Gasteiger partial charge in [-0.05, 0) is 66.9 Å². The van der Waals surface area contributed by atoms with Crippen LogP contribution >= 0.6 is 0 Å². The molecule has 44 heavy (non-hydrogen) atoms. The number of para-hydroxylation sites is 1. The second-order valence-corrected chi connectivity index (χ2v) is 10.3. The van der Waals surface area contributed by atoms with E-state index in [-0.39, 0.29) is 11.4 Å². The van der Waals surface area contributed by atoms with Gasteiger partial charge in [0.25, 0.3) is 5.56 Å². The highest BCUT2D eigenvalue weighted by Crippen LogP contribution is 2.35. The molecule has 0 aliphatic rings. The van der Waals surface area contributed by atoms with Gasteiger partial charge in [0.05, 0.1) is 36.7 Å². The molecule has 0 amide bonds. The molecule has 0 saturated heterocycles. The van der Waals surface area contributed by atoms with Gasteiger partial charge in [0.2, 0.25) is 5.82 Å². The maximum atomic E-state index is 13.8. The molecule has 0 bridgehead atoms. The number of nitrogens with zero attached hydrogens (tertiary/aromatic N) is 3. The summed E-state index contributed by atoms with van der Waals surface area (Å²) in [5, 5.41) is 5.83. The highest BCUT2D eigenvalue weighted by atomic mass is 16.5. The van der Waals surface area contributed by atoms with Crippen LogP contribution in [0.1, 0.15) is 22.3 Å². The number of rotatable bonds is 10. The smallest absolute Gasteiger partial charge is 0.282 e. The number of hydrogen-bond acceptors (Lipinski definition) is 7. The number of fused-ring (bicyclic) bond motifs is 2. The molecular weight excluding hydrogens is 554 g/mol. The fraction of sp³-hybridized carbons (Fsp3) is 0.139. The summed E-state index contributed by atoms with van der Waals surface area (Å²) in [7, 11) is 3.20. The molecule has 0 fully saturated rings. The van der Waals surface area contributed by atoms with Crippen LogP contribution in [0, 0.1) is 6.92 Å². The third kappa shape index (κ3) is 5.57. The van der Waals surface area contributed by atoms with Crippen molar-refractivity contribution in [2.24, 2.45) is 5.10 Å². The fourth-order valence-electron chi connectivity index (χ4n) is 5.18. The Balaban J connectivity index is 1.43. The van der Waals surface area contributed by atoms with E-state index in [1.165, 1.54) is 4.68 Å². The summed E-state index contributed by atoms with van der Waals surface area (Å²) in [4.78, 5) is 18.5. The average molecular weight is 586 g/mol. The molecule has 0 saturated carbocycles. The van der Waals surface area contributed by atoms with Crippen molar-refractivity contribution < 1.29 is 18.6 Å². The van der Waals surface area contributed by atoms with Crippen LogP contribution in [0.25, 0.3) is 33.5 Å². The average Bonchev–Trinajstić information content (AvgIpc) is 3.48. The third-order valence-corrected chi connectivity index (χ3v) is 7.24. The second kappa shape index (κ2) is 12.3. The topological polar surface area (TPSA) is 88.1 Å². The van der Waals surface area contributed by atoms with E-state index < -0.39 is 0 Å². The maximum Gasteiger partial charge on any atom is 0.282 e. The third-order valence-electron chi connectivity index (χ3n) is 7.24. The predicted octanol–water partition coefficient (Wildman–Crippen LogP) is 7.33. The quantitative estimate of drug-likeness (QED) is 0.124. The van der Waals surface area contributed by atoms with Crippen molar-refractivity contribution in [3.05, 3.63) is 130 Å². The summed E-state index contributed by atoms with van der Waals surface area (Å²) in [6.45, 7) is 6.36. The number of ether oxygens (including phenoxy) is 3. The highest BCUT2D eigenvalue weighted by Gasteiger charge is 2.18. The number of furan rings is 1. The van der Waals surface area contributed by atoms with Gasteiger partial charge in [-0.2, -0.15) is 9.78 Å². The Morgan fingerprint density at radius 2 is 1.75 bits per heavy atom. The van der Waals surface area contributed by atoms with Crippen LogP contribution in [0.3, 0.4) is 0 Å². The molecule has 0 spiro atoms. The Morgan fingerprint density at radius 3 is 2.55 bits per heavy atom. The molecule has 0 radical (unpaired) electrons. The minimum atomic E-state index is -0.328. The van der Waals surface area contributed by atoms with Crippen LogP contribution in [0.4, 0.5) is 0 Å². The van der Waals surface area contributed by atoms with Gasteiger partial charge >= 0.3 is 0 Å². The molecule has 2 aromatic heterocycles. The minimum absolute atomic E-state index is 0.264. The Kier molecular flexibility index (Phi) is 7.97. The van der Waals surface area contributed by atoms with Gasteiger partial charge in [0.1, 0.15) is 17.9 Å². The Bertz CT molecular complexity index is 2090. The number of methoxy groups -OCH3 is 2. The van der Waals surface area contributed by atoms with Crippen molar-refractivity contribution >= 4 is 28.1 Å². The lowest BCUT2D eigenvalue weighted by Gasteiger charge is -2.16. The van der Waals surface area contributed by atoms with Crippen molar-refractivity contribution in [2.45, 2.75) is 20.0 Å². The molecule has 0 aliphatic carbocycles. The van der Waals surface area contributed by atoms with E-state index in [1.54, 1.807) is 44.7 Å². The van der Waals surface area contributed by atoms with E-state index >= 15 is 0 Å². The zero-order valence-electron chi connectivity index (χ0n) is 24.7. The van der Waals surface area contributed by atoms with Crippen LogP contribution in [0.15, 0.2) is 112 Å². The zero-order valence-corrected chi connectivity index (χ0v) is 24.7. The first-order valence-corrected chi connectivity index (χ1v) is 14.1. The number of aryl methyl sites for hydroxylation is 1. The molecule has 6 rings (SSSR count). The van der Waals surface area contributed by atoms with Gasteiger partial charge in [-0.25, -0.2) is 4.98 Å². The molecule has 8 nitrogen and oxygen atoms in total. The molecule has 0 unspecified atom stereocenters. The lowest BCUT2D eigenvalue weighted by molar-refractivity contribution is 0.282. The molecule has 8 heteroatoms.